The van der Waals surface area contributed by atoms with Crippen LogP contribution in [0.25, 0.3) is 22.0 Å². The highest BCUT2D eigenvalue weighted by Crippen LogP contribution is 2.30. The molecular weight excluding hydrogens is 346 g/mol. The average molecular weight is 365 g/mol. The number of hydrogen-bond donors (Lipinski definition) is 4. The molecule has 1 amide bonds. The Kier molecular flexibility index (Phi) is 4.71. The second-order valence-corrected chi connectivity index (χ2v) is 6.41. The summed E-state index contributed by atoms with van der Waals surface area (Å²) in [6.07, 6.45) is 0.969. The van der Waals surface area contributed by atoms with E-state index in [1.165, 1.54) is 7.11 Å². The molecule has 27 heavy (non-hydrogen) atoms. The number of H-pyrrole nitrogens is 1. The van der Waals surface area contributed by atoms with Gasteiger partial charge >= 0.3 is 6.09 Å². The average Bonchev–Trinajstić information content (AvgIpc) is 3.00. The third kappa shape index (κ3) is 4.16. The molecule has 0 aliphatic heterocycles. The summed E-state index contributed by atoms with van der Waals surface area (Å²) >= 11 is 0. The first-order valence-electron chi connectivity index (χ1n) is 8.11. The van der Waals surface area contributed by atoms with Crippen molar-refractivity contribution < 1.29 is 14.6 Å². The minimum absolute atomic E-state index is 0.347. The monoisotopic (exact) mass is 365 g/mol. The standard InChI is InChI=1S/C19H19N5O3/c1-19(2,26)6-4-12-8-13(9-14-16(12)23-24-17(14)20)11-5-7-21-15(10-11)22-18(25)27-3/h5,7-10,26H,1-3H3,(H3,20,23,24)(H,21,22,25). The van der Waals surface area contributed by atoms with Crippen molar-refractivity contribution in [3.63, 3.8) is 0 Å². The number of aromatic amines is 1. The third-order valence-corrected chi connectivity index (χ3v) is 3.71. The van der Waals surface area contributed by atoms with Crippen LogP contribution >= 0.6 is 0 Å². The predicted molar refractivity (Wildman–Crippen MR) is 103 cm³/mol. The van der Waals surface area contributed by atoms with Crippen molar-refractivity contribution >= 4 is 28.6 Å². The van der Waals surface area contributed by atoms with E-state index in [2.05, 4.69) is 37.1 Å². The summed E-state index contributed by atoms with van der Waals surface area (Å²) in [6, 6.07) is 7.24. The van der Waals surface area contributed by atoms with E-state index >= 15 is 0 Å². The van der Waals surface area contributed by atoms with Crippen LogP contribution < -0.4 is 11.1 Å². The number of aromatic nitrogens is 3. The van der Waals surface area contributed by atoms with Crippen LogP contribution in [-0.2, 0) is 4.74 Å². The Hall–Kier alpha value is -3.57. The summed E-state index contributed by atoms with van der Waals surface area (Å²) in [6.45, 7) is 3.21. The van der Waals surface area contributed by atoms with Gasteiger partial charge in [0.25, 0.3) is 0 Å². The van der Waals surface area contributed by atoms with Crippen molar-refractivity contribution in [1.29, 1.82) is 0 Å². The normalized spacial score (nSPS) is 11.0. The van der Waals surface area contributed by atoms with Crippen molar-refractivity contribution in [2.75, 3.05) is 18.2 Å². The van der Waals surface area contributed by atoms with Gasteiger partial charge in [0.1, 0.15) is 11.4 Å². The number of nitrogens with two attached hydrogens (primary N) is 1. The zero-order valence-corrected chi connectivity index (χ0v) is 15.1. The number of aliphatic hydroxyl groups is 1. The van der Waals surface area contributed by atoms with E-state index in [0.717, 1.165) is 11.1 Å². The van der Waals surface area contributed by atoms with Crippen molar-refractivity contribution in [1.82, 2.24) is 15.2 Å². The minimum atomic E-state index is -1.14. The summed E-state index contributed by atoms with van der Waals surface area (Å²) in [7, 11) is 1.28. The molecule has 8 heteroatoms. The molecule has 0 radical (unpaired) electrons. The second-order valence-electron chi connectivity index (χ2n) is 6.41. The van der Waals surface area contributed by atoms with Crippen LogP contribution in [0.15, 0.2) is 30.5 Å². The first-order chi connectivity index (χ1) is 12.8. The maximum atomic E-state index is 11.4. The molecule has 5 N–H and O–H groups in total. The topological polar surface area (TPSA) is 126 Å². The molecule has 0 fully saturated rings. The maximum Gasteiger partial charge on any atom is 0.412 e. The highest BCUT2D eigenvalue weighted by atomic mass is 16.5. The molecular formula is C19H19N5O3. The number of nitrogen functional groups attached to an aromatic ring is 1. The van der Waals surface area contributed by atoms with Gasteiger partial charge in [-0.3, -0.25) is 10.4 Å². The molecule has 0 spiro atoms. The van der Waals surface area contributed by atoms with E-state index in [1.54, 1.807) is 32.2 Å². The number of nitrogens with zero attached hydrogens (tertiary/aromatic N) is 2. The van der Waals surface area contributed by atoms with E-state index in [0.29, 0.717) is 28.1 Å². The van der Waals surface area contributed by atoms with Crippen molar-refractivity contribution in [2.24, 2.45) is 0 Å². The molecule has 0 aliphatic rings. The Morgan fingerprint density at radius 1 is 1.33 bits per heavy atom. The van der Waals surface area contributed by atoms with Gasteiger partial charge in [0.15, 0.2) is 5.82 Å². The van der Waals surface area contributed by atoms with Gasteiger partial charge < -0.3 is 15.6 Å². The Morgan fingerprint density at radius 3 is 2.81 bits per heavy atom. The number of nitrogens with one attached hydrogen (secondary N) is 2. The van der Waals surface area contributed by atoms with Crippen LogP contribution in [0, 0.1) is 11.8 Å². The lowest BCUT2D eigenvalue weighted by atomic mass is 10.00. The predicted octanol–water partition coefficient (Wildman–Crippen LogP) is 2.51. The highest BCUT2D eigenvalue weighted by Gasteiger charge is 2.12. The van der Waals surface area contributed by atoms with Crippen molar-refractivity contribution in [3.05, 3.63) is 36.0 Å². The maximum absolute atomic E-state index is 11.4. The lowest BCUT2D eigenvalue weighted by Gasteiger charge is -2.08. The summed E-state index contributed by atoms with van der Waals surface area (Å²) in [5.74, 6) is 6.47. The first kappa shape index (κ1) is 18.2. The molecule has 0 unspecified atom stereocenters. The van der Waals surface area contributed by atoms with E-state index in [1.807, 2.05) is 12.1 Å². The number of fused-ring (bicyclic) bond motifs is 1. The zero-order valence-electron chi connectivity index (χ0n) is 15.1. The molecule has 2 aromatic heterocycles. The Balaban J connectivity index is 2.12. The number of rotatable bonds is 2. The molecule has 138 valence electrons. The van der Waals surface area contributed by atoms with Gasteiger partial charge in [-0.2, -0.15) is 5.10 Å². The number of ether oxygens (including phenoxy) is 1. The van der Waals surface area contributed by atoms with Gasteiger partial charge in [0.05, 0.1) is 18.2 Å². The molecule has 0 bridgehead atoms. The fraction of sp³-hybridized carbons (Fsp3) is 0.211. The van der Waals surface area contributed by atoms with Gasteiger partial charge in [-0.15, -0.1) is 0 Å². The van der Waals surface area contributed by atoms with Crippen molar-refractivity contribution in [3.8, 4) is 23.0 Å². The Labute approximate surface area is 155 Å². The number of carbonyl (C=O) groups is 1. The number of amides is 1. The molecule has 0 aliphatic carbocycles. The van der Waals surface area contributed by atoms with Crippen LogP contribution in [0.5, 0.6) is 0 Å². The largest absolute Gasteiger partial charge is 0.453 e. The van der Waals surface area contributed by atoms with E-state index < -0.39 is 11.7 Å². The van der Waals surface area contributed by atoms with Gasteiger partial charge in [-0.05, 0) is 49.2 Å². The number of hydrogen-bond acceptors (Lipinski definition) is 6. The number of benzene rings is 1. The highest BCUT2D eigenvalue weighted by molar-refractivity contribution is 5.96. The molecule has 8 nitrogen and oxygen atoms in total. The molecule has 0 atom stereocenters. The van der Waals surface area contributed by atoms with Crippen LogP contribution in [-0.4, -0.2) is 39.1 Å². The quantitative estimate of drug-likeness (QED) is 0.517. The van der Waals surface area contributed by atoms with Crippen LogP contribution in [0.4, 0.5) is 16.4 Å². The van der Waals surface area contributed by atoms with E-state index in [-0.39, 0.29) is 0 Å². The summed E-state index contributed by atoms with van der Waals surface area (Å²) in [5, 5.41) is 20.1. The van der Waals surface area contributed by atoms with Crippen molar-refractivity contribution in [2.45, 2.75) is 19.4 Å². The summed E-state index contributed by atoms with van der Waals surface area (Å²) in [4.78, 5) is 15.5. The van der Waals surface area contributed by atoms with Gasteiger partial charge in [-0.1, -0.05) is 11.8 Å². The second kappa shape index (κ2) is 6.97. The van der Waals surface area contributed by atoms with Gasteiger partial charge in [-0.25, -0.2) is 9.78 Å². The van der Waals surface area contributed by atoms with Crippen LogP contribution in [0.3, 0.4) is 0 Å². The molecule has 0 saturated carbocycles. The lowest BCUT2D eigenvalue weighted by molar-refractivity contribution is 0.143. The van der Waals surface area contributed by atoms with Crippen LogP contribution in [0.1, 0.15) is 19.4 Å². The number of methoxy groups -OCH3 is 1. The van der Waals surface area contributed by atoms with E-state index in [4.69, 9.17) is 5.73 Å². The minimum Gasteiger partial charge on any atom is -0.453 e. The molecule has 3 rings (SSSR count). The number of anilines is 2. The number of pyridine rings is 1. The fourth-order valence-electron chi connectivity index (χ4n) is 2.46. The fourth-order valence-corrected chi connectivity index (χ4v) is 2.46. The molecule has 0 saturated heterocycles. The summed E-state index contributed by atoms with van der Waals surface area (Å²) in [5.41, 5.74) is 7.77. The Morgan fingerprint density at radius 2 is 2.11 bits per heavy atom. The summed E-state index contributed by atoms with van der Waals surface area (Å²) < 4.78 is 4.58. The molecule has 3 aromatic rings. The first-order valence-corrected chi connectivity index (χ1v) is 8.11. The Bertz CT molecular complexity index is 1070. The molecule has 1 aromatic carbocycles. The third-order valence-electron chi connectivity index (χ3n) is 3.71. The molecule has 2 heterocycles. The van der Waals surface area contributed by atoms with Gasteiger partial charge in [0.2, 0.25) is 0 Å². The van der Waals surface area contributed by atoms with Gasteiger partial charge in [0, 0.05) is 11.6 Å². The van der Waals surface area contributed by atoms with E-state index in [9.17, 15) is 9.90 Å². The SMILES string of the molecule is COC(=O)Nc1cc(-c2cc(C#CC(C)(C)O)c3[nH]nc(N)c3c2)ccn1. The lowest BCUT2D eigenvalue weighted by Crippen LogP contribution is -2.14. The van der Waals surface area contributed by atoms with Crippen LogP contribution in [0.2, 0.25) is 0 Å². The number of carbonyl (C=O) groups excluding carboxylic acids is 1. The zero-order chi connectivity index (χ0) is 19.6. The smallest absolute Gasteiger partial charge is 0.412 e.